The first-order chi connectivity index (χ1) is 9.19. The third-order valence-electron chi connectivity index (χ3n) is 3.56. The highest BCUT2D eigenvalue weighted by Gasteiger charge is 2.36. The zero-order valence-electron chi connectivity index (χ0n) is 11.4. The van der Waals surface area contributed by atoms with Crippen LogP contribution >= 0.6 is 0 Å². The maximum absolute atomic E-state index is 11.5. The Kier molecular flexibility index (Phi) is 4.37. The van der Waals surface area contributed by atoms with Gasteiger partial charge >= 0.3 is 5.97 Å². The zero-order chi connectivity index (χ0) is 13.7. The van der Waals surface area contributed by atoms with Crippen LogP contribution < -0.4 is 5.32 Å². The van der Waals surface area contributed by atoms with E-state index in [0.29, 0.717) is 12.2 Å². The smallest absolute Gasteiger partial charge is 0.339 e. The Morgan fingerprint density at radius 2 is 2.26 bits per heavy atom. The first-order valence-corrected chi connectivity index (χ1v) is 6.61. The van der Waals surface area contributed by atoms with Crippen molar-refractivity contribution in [3.63, 3.8) is 0 Å². The minimum absolute atomic E-state index is 0.0402. The Labute approximate surface area is 113 Å². The zero-order valence-corrected chi connectivity index (χ0v) is 11.4. The van der Waals surface area contributed by atoms with Crippen molar-refractivity contribution in [3.05, 3.63) is 23.9 Å². The SMILES string of the molecule is CCOC(=O)c1ccc(NCC2(OC)CCC2)nc1. The molecule has 0 radical (unpaired) electrons. The van der Waals surface area contributed by atoms with Gasteiger partial charge in [-0.05, 0) is 38.3 Å². The lowest BCUT2D eigenvalue weighted by Crippen LogP contribution is -2.45. The summed E-state index contributed by atoms with van der Waals surface area (Å²) in [7, 11) is 1.75. The van der Waals surface area contributed by atoms with Crippen LogP contribution in [0.5, 0.6) is 0 Å². The van der Waals surface area contributed by atoms with Crippen LogP contribution in [0, 0.1) is 0 Å². The van der Waals surface area contributed by atoms with Crippen LogP contribution in [-0.4, -0.2) is 36.8 Å². The number of aromatic nitrogens is 1. The Morgan fingerprint density at radius 1 is 1.47 bits per heavy atom. The summed E-state index contributed by atoms with van der Waals surface area (Å²) in [4.78, 5) is 15.7. The predicted molar refractivity (Wildman–Crippen MR) is 72.3 cm³/mol. The van der Waals surface area contributed by atoms with Crippen molar-refractivity contribution < 1.29 is 14.3 Å². The van der Waals surface area contributed by atoms with Crippen molar-refractivity contribution in [3.8, 4) is 0 Å². The molecule has 1 heterocycles. The number of rotatable bonds is 6. The molecule has 19 heavy (non-hydrogen) atoms. The first-order valence-electron chi connectivity index (χ1n) is 6.61. The standard InChI is InChI=1S/C14H20N2O3/c1-3-19-13(17)11-5-6-12(15-9-11)16-10-14(18-2)7-4-8-14/h5-6,9H,3-4,7-8,10H2,1-2H3,(H,15,16). The van der Waals surface area contributed by atoms with Crippen molar-refractivity contribution in [1.82, 2.24) is 4.98 Å². The van der Waals surface area contributed by atoms with E-state index in [1.807, 2.05) is 0 Å². The Hall–Kier alpha value is -1.62. The molecule has 0 atom stereocenters. The van der Waals surface area contributed by atoms with E-state index in [1.165, 1.54) is 12.6 Å². The number of anilines is 1. The lowest BCUT2D eigenvalue weighted by Gasteiger charge is -2.40. The highest BCUT2D eigenvalue weighted by molar-refractivity contribution is 5.89. The highest BCUT2D eigenvalue weighted by Crippen LogP contribution is 2.34. The van der Waals surface area contributed by atoms with E-state index in [4.69, 9.17) is 9.47 Å². The summed E-state index contributed by atoms with van der Waals surface area (Å²) in [5.41, 5.74) is 0.430. The van der Waals surface area contributed by atoms with E-state index in [-0.39, 0.29) is 11.6 Å². The fourth-order valence-corrected chi connectivity index (χ4v) is 2.11. The summed E-state index contributed by atoms with van der Waals surface area (Å²) in [6.45, 7) is 2.90. The normalized spacial score (nSPS) is 16.5. The number of hydrogen-bond donors (Lipinski definition) is 1. The van der Waals surface area contributed by atoms with E-state index < -0.39 is 0 Å². The molecule has 0 saturated heterocycles. The van der Waals surface area contributed by atoms with E-state index in [9.17, 15) is 4.79 Å². The van der Waals surface area contributed by atoms with Crippen molar-refractivity contribution in [2.24, 2.45) is 0 Å². The highest BCUT2D eigenvalue weighted by atomic mass is 16.5. The largest absolute Gasteiger partial charge is 0.462 e. The molecule has 0 spiro atoms. The minimum Gasteiger partial charge on any atom is -0.462 e. The van der Waals surface area contributed by atoms with Crippen molar-refractivity contribution >= 4 is 11.8 Å². The van der Waals surface area contributed by atoms with Crippen molar-refractivity contribution in [1.29, 1.82) is 0 Å². The number of hydrogen-bond acceptors (Lipinski definition) is 5. The molecule has 1 aromatic rings. The Bertz CT molecular complexity index is 421. The van der Waals surface area contributed by atoms with E-state index in [2.05, 4.69) is 10.3 Å². The lowest BCUT2D eigenvalue weighted by molar-refractivity contribution is -0.0601. The molecule has 5 heteroatoms. The Morgan fingerprint density at radius 3 is 2.74 bits per heavy atom. The molecular formula is C14H20N2O3. The van der Waals surface area contributed by atoms with Crippen LogP contribution in [0.25, 0.3) is 0 Å². The van der Waals surface area contributed by atoms with Crippen LogP contribution in [0.2, 0.25) is 0 Å². The summed E-state index contributed by atoms with van der Waals surface area (Å²) in [5.74, 6) is 0.408. The molecule has 5 nitrogen and oxygen atoms in total. The number of carbonyl (C=O) groups is 1. The van der Waals surface area contributed by atoms with Gasteiger partial charge in [-0.25, -0.2) is 9.78 Å². The average Bonchev–Trinajstić information content (AvgIpc) is 2.39. The van der Waals surface area contributed by atoms with Gasteiger partial charge in [-0.1, -0.05) is 0 Å². The predicted octanol–water partition coefficient (Wildman–Crippen LogP) is 2.24. The fraction of sp³-hybridized carbons (Fsp3) is 0.571. The topological polar surface area (TPSA) is 60.5 Å². The van der Waals surface area contributed by atoms with E-state index in [0.717, 1.165) is 25.2 Å². The monoisotopic (exact) mass is 264 g/mol. The van der Waals surface area contributed by atoms with Crippen LogP contribution in [-0.2, 0) is 9.47 Å². The molecule has 1 aliphatic rings. The number of ether oxygens (including phenoxy) is 2. The summed E-state index contributed by atoms with van der Waals surface area (Å²) in [6.07, 6.45) is 4.90. The molecule has 104 valence electrons. The number of pyridine rings is 1. The molecule has 1 saturated carbocycles. The number of esters is 1. The molecule has 1 fully saturated rings. The summed E-state index contributed by atoms with van der Waals surface area (Å²) >= 11 is 0. The second-order valence-electron chi connectivity index (χ2n) is 4.75. The van der Waals surface area contributed by atoms with Gasteiger partial charge in [0.2, 0.25) is 0 Å². The van der Waals surface area contributed by atoms with Crippen molar-refractivity contribution in [2.45, 2.75) is 31.8 Å². The van der Waals surface area contributed by atoms with E-state index >= 15 is 0 Å². The van der Waals surface area contributed by atoms with Gasteiger partial charge in [-0.3, -0.25) is 0 Å². The van der Waals surface area contributed by atoms with Gasteiger partial charge in [0.1, 0.15) is 5.82 Å². The third-order valence-corrected chi connectivity index (χ3v) is 3.56. The van der Waals surface area contributed by atoms with Crippen molar-refractivity contribution in [2.75, 3.05) is 25.6 Å². The molecule has 0 aliphatic heterocycles. The summed E-state index contributed by atoms with van der Waals surface area (Å²) < 4.78 is 10.4. The second-order valence-corrected chi connectivity index (χ2v) is 4.75. The quantitative estimate of drug-likeness (QED) is 0.798. The number of methoxy groups -OCH3 is 1. The van der Waals surface area contributed by atoms with Crippen LogP contribution in [0.4, 0.5) is 5.82 Å². The van der Waals surface area contributed by atoms with Crippen LogP contribution in [0.1, 0.15) is 36.5 Å². The molecule has 1 aromatic heterocycles. The molecule has 1 N–H and O–H groups in total. The summed E-state index contributed by atoms with van der Waals surface area (Å²) in [6, 6.07) is 3.50. The third kappa shape index (κ3) is 3.23. The average molecular weight is 264 g/mol. The van der Waals surface area contributed by atoms with Gasteiger partial charge in [0.05, 0.1) is 17.8 Å². The van der Waals surface area contributed by atoms with Gasteiger partial charge in [-0.15, -0.1) is 0 Å². The van der Waals surface area contributed by atoms with Gasteiger partial charge in [0, 0.05) is 19.9 Å². The first kappa shape index (κ1) is 13.8. The minimum atomic E-state index is -0.339. The van der Waals surface area contributed by atoms with Crippen LogP contribution in [0.15, 0.2) is 18.3 Å². The second kappa shape index (κ2) is 6.02. The molecular weight excluding hydrogens is 244 g/mol. The van der Waals surface area contributed by atoms with E-state index in [1.54, 1.807) is 26.2 Å². The van der Waals surface area contributed by atoms with Gasteiger partial charge in [-0.2, -0.15) is 0 Å². The molecule has 1 aliphatic carbocycles. The lowest BCUT2D eigenvalue weighted by atomic mass is 9.80. The van der Waals surface area contributed by atoms with Crippen LogP contribution in [0.3, 0.4) is 0 Å². The molecule has 2 rings (SSSR count). The summed E-state index contributed by atoms with van der Waals surface area (Å²) in [5, 5.41) is 3.25. The van der Waals surface area contributed by atoms with Gasteiger partial charge in [0.15, 0.2) is 0 Å². The number of nitrogens with one attached hydrogen (secondary N) is 1. The fourth-order valence-electron chi connectivity index (χ4n) is 2.11. The maximum atomic E-state index is 11.5. The molecule has 0 aromatic carbocycles. The molecule has 0 unspecified atom stereocenters. The molecule has 0 amide bonds. The van der Waals surface area contributed by atoms with Gasteiger partial charge < -0.3 is 14.8 Å². The Balaban J connectivity index is 1.90. The molecule has 0 bridgehead atoms. The number of nitrogens with zero attached hydrogens (tertiary/aromatic N) is 1. The number of carbonyl (C=O) groups excluding carboxylic acids is 1. The maximum Gasteiger partial charge on any atom is 0.339 e. The van der Waals surface area contributed by atoms with Gasteiger partial charge in [0.25, 0.3) is 0 Å².